The number of pyridine rings is 1. The normalized spacial score (nSPS) is 15.8. The fourth-order valence-corrected chi connectivity index (χ4v) is 4.80. The molecule has 1 aliphatic heterocycles. The highest BCUT2D eigenvalue weighted by molar-refractivity contribution is 5.89. The fourth-order valence-electron chi connectivity index (χ4n) is 4.80. The van der Waals surface area contributed by atoms with Gasteiger partial charge >= 0.3 is 5.97 Å². The number of nitrogens with one attached hydrogen (secondary N) is 1. The van der Waals surface area contributed by atoms with Gasteiger partial charge in [-0.2, -0.15) is 0 Å². The maximum Gasteiger partial charge on any atom is 0.305 e. The molecule has 8 nitrogen and oxygen atoms in total. The Hall–Kier alpha value is -4.04. The Bertz CT molecular complexity index is 1230. The number of aromatic nitrogens is 1. The number of piperidine rings is 1. The highest BCUT2D eigenvalue weighted by Crippen LogP contribution is 2.27. The van der Waals surface area contributed by atoms with Gasteiger partial charge in [-0.15, -0.1) is 0 Å². The van der Waals surface area contributed by atoms with Gasteiger partial charge in [-0.3, -0.25) is 19.4 Å². The first-order valence-electron chi connectivity index (χ1n) is 13.2. The lowest BCUT2D eigenvalue weighted by Gasteiger charge is -2.40. The number of carboxylic acids is 1. The molecule has 206 valence electrons. The predicted octanol–water partition coefficient (Wildman–Crippen LogP) is 4.24. The number of carbonyl (C=O) groups is 3. The van der Waals surface area contributed by atoms with Crippen molar-refractivity contribution < 1.29 is 19.5 Å². The second-order valence-electron chi connectivity index (χ2n) is 9.96. The van der Waals surface area contributed by atoms with Crippen LogP contribution in [0.2, 0.25) is 0 Å². The average Bonchev–Trinajstić information content (AvgIpc) is 2.91. The molecule has 39 heavy (non-hydrogen) atoms. The summed E-state index contributed by atoms with van der Waals surface area (Å²) in [7, 11) is 3.92. The van der Waals surface area contributed by atoms with Crippen molar-refractivity contribution >= 4 is 17.8 Å². The van der Waals surface area contributed by atoms with E-state index in [2.05, 4.69) is 53.3 Å². The maximum absolute atomic E-state index is 12.7. The van der Waals surface area contributed by atoms with E-state index in [4.69, 9.17) is 5.11 Å². The average molecular weight is 531 g/mol. The van der Waals surface area contributed by atoms with Gasteiger partial charge in [-0.25, -0.2) is 0 Å². The number of likely N-dealkylation sites (tertiary alicyclic amines) is 1. The molecule has 1 fully saturated rings. The number of hydrogen-bond acceptors (Lipinski definition) is 5. The third-order valence-electron chi connectivity index (χ3n) is 6.89. The minimum atomic E-state index is -0.974. The first-order chi connectivity index (χ1) is 18.7. The number of carboxylic acid groups (broad SMARTS) is 1. The molecule has 0 saturated carbocycles. The van der Waals surface area contributed by atoms with Crippen molar-refractivity contribution in [1.29, 1.82) is 0 Å². The molecule has 1 saturated heterocycles. The van der Waals surface area contributed by atoms with Crippen LogP contribution < -0.4 is 5.32 Å². The van der Waals surface area contributed by atoms with Gasteiger partial charge in [0, 0.05) is 43.5 Å². The summed E-state index contributed by atoms with van der Waals surface area (Å²) in [6.07, 6.45) is 4.73. The van der Waals surface area contributed by atoms with Crippen molar-refractivity contribution in [2.45, 2.75) is 45.2 Å². The molecule has 0 spiro atoms. The van der Waals surface area contributed by atoms with Crippen LogP contribution in [0.3, 0.4) is 0 Å². The molecule has 8 heteroatoms. The van der Waals surface area contributed by atoms with Crippen LogP contribution in [0.5, 0.6) is 0 Å². The number of carbonyl (C=O) groups excluding carboxylic acids is 2. The van der Waals surface area contributed by atoms with E-state index in [0.29, 0.717) is 13.0 Å². The van der Waals surface area contributed by atoms with Crippen LogP contribution in [0, 0.1) is 13.8 Å². The summed E-state index contributed by atoms with van der Waals surface area (Å²) < 4.78 is 0. The van der Waals surface area contributed by atoms with E-state index >= 15 is 0 Å². The number of aliphatic carboxylic acids is 1. The van der Waals surface area contributed by atoms with Crippen LogP contribution in [0.1, 0.15) is 42.0 Å². The van der Waals surface area contributed by atoms with E-state index in [0.717, 1.165) is 12.0 Å². The Morgan fingerprint density at radius 2 is 1.74 bits per heavy atom. The summed E-state index contributed by atoms with van der Waals surface area (Å²) in [5, 5.41) is 11.4. The Balaban J connectivity index is 0.000000252. The van der Waals surface area contributed by atoms with Gasteiger partial charge in [0.25, 0.3) is 0 Å². The third-order valence-corrected chi connectivity index (χ3v) is 6.89. The Morgan fingerprint density at radius 1 is 1.05 bits per heavy atom. The number of nitrogens with zero attached hydrogens (tertiary/aromatic N) is 3. The minimum absolute atomic E-state index is 0.0383. The second kappa shape index (κ2) is 14.2. The lowest BCUT2D eigenvalue weighted by atomic mass is 9.97. The minimum Gasteiger partial charge on any atom is -0.481 e. The maximum atomic E-state index is 12.7. The molecule has 2 N–H and O–H groups in total. The van der Waals surface area contributed by atoms with Crippen molar-refractivity contribution in [1.82, 2.24) is 20.1 Å². The molecular formula is C31H38N4O4. The van der Waals surface area contributed by atoms with Gasteiger partial charge < -0.3 is 20.2 Å². The lowest BCUT2D eigenvalue weighted by Crippen LogP contribution is -2.52. The molecule has 0 bridgehead atoms. The van der Waals surface area contributed by atoms with Crippen molar-refractivity contribution in [2.75, 3.05) is 27.2 Å². The number of hydrogen-bond donors (Lipinski definition) is 2. The highest BCUT2D eigenvalue weighted by Gasteiger charge is 2.36. The van der Waals surface area contributed by atoms with Crippen molar-refractivity contribution in [3.63, 3.8) is 0 Å². The van der Waals surface area contributed by atoms with Gasteiger partial charge in [-0.05, 0) is 62.7 Å². The van der Waals surface area contributed by atoms with Crippen molar-refractivity contribution in [2.24, 2.45) is 0 Å². The summed E-state index contributed by atoms with van der Waals surface area (Å²) in [6.45, 7) is 4.78. The Kier molecular flexibility index (Phi) is 10.8. The van der Waals surface area contributed by atoms with E-state index in [1.54, 1.807) is 11.1 Å². The number of benzene rings is 2. The fraction of sp³-hybridized carbons (Fsp3) is 0.355. The van der Waals surface area contributed by atoms with Crippen LogP contribution in [0.4, 0.5) is 0 Å². The number of amides is 2. The molecule has 2 amide bonds. The predicted molar refractivity (Wildman–Crippen MR) is 152 cm³/mol. The molecule has 2 atom stereocenters. The van der Waals surface area contributed by atoms with Crippen LogP contribution in [-0.2, 0) is 14.4 Å². The molecule has 2 heterocycles. The van der Waals surface area contributed by atoms with Gasteiger partial charge in [0.2, 0.25) is 11.8 Å². The lowest BCUT2D eigenvalue weighted by molar-refractivity contribution is -0.144. The third kappa shape index (κ3) is 8.22. The first-order valence-corrected chi connectivity index (χ1v) is 13.2. The smallest absolute Gasteiger partial charge is 0.305 e. The second-order valence-corrected chi connectivity index (χ2v) is 9.96. The molecule has 4 rings (SSSR count). The van der Waals surface area contributed by atoms with Gasteiger partial charge in [0.15, 0.2) is 0 Å². The monoisotopic (exact) mass is 530 g/mol. The topological polar surface area (TPSA) is 103 Å². The summed E-state index contributed by atoms with van der Waals surface area (Å²) in [6, 6.07) is 19.0. The molecular weight excluding hydrogens is 492 g/mol. The van der Waals surface area contributed by atoms with Crippen LogP contribution >= 0.6 is 0 Å². The molecule has 1 aromatic heterocycles. The SMILES string of the molecule is CN(C)C1CCC(=O)N(C(C(=O)NCCC(=O)O)c2ccccc2)C1.Cc1cccc(C)c1-c1cccnc1. The van der Waals surface area contributed by atoms with E-state index in [1.807, 2.05) is 56.7 Å². The van der Waals surface area contributed by atoms with Crippen LogP contribution in [0.25, 0.3) is 11.1 Å². The molecule has 0 radical (unpaired) electrons. The van der Waals surface area contributed by atoms with Gasteiger partial charge in [0.1, 0.15) is 6.04 Å². The summed E-state index contributed by atoms with van der Waals surface area (Å²) >= 11 is 0. The quantitative estimate of drug-likeness (QED) is 0.452. The standard InChI is InChI=1S/C18H25N3O4.C13H13N/c1-20(2)14-8-9-15(22)21(12-14)17(13-6-4-3-5-7-13)18(25)19-11-10-16(23)24;1-10-5-3-6-11(2)13(10)12-7-4-8-14-9-12/h3-7,14,17H,8-12H2,1-2H3,(H,19,25)(H,23,24);3-9H,1-2H3. The molecule has 2 aromatic carbocycles. The van der Waals surface area contributed by atoms with E-state index in [-0.39, 0.29) is 30.8 Å². The first kappa shape index (κ1) is 29.5. The number of aryl methyl sites for hydroxylation is 2. The van der Waals surface area contributed by atoms with Gasteiger partial charge in [0.05, 0.1) is 6.42 Å². The van der Waals surface area contributed by atoms with Gasteiger partial charge in [-0.1, -0.05) is 54.6 Å². The molecule has 0 aliphatic carbocycles. The number of likely N-dealkylation sites (N-methyl/N-ethyl adjacent to an activating group) is 1. The summed E-state index contributed by atoms with van der Waals surface area (Å²) in [5.74, 6) is -1.38. The van der Waals surface area contributed by atoms with E-state index < -0.39 is 12.0 Å². The summed E-state index contributed by atoms with van der Waals surface area (Å²) in [4.78, 5) is 43.7. The van der Waals surface area contributed by atoms with Crippen molar-refractivity contribution in [3.8, 4) is 11.1 Å². The zero-order valence-electron chi connectivity index (χ0n) is 23.1. The van der Waals surface area contributed by atoms with Crippen molar-refractivity contribution in [3.05, 3.63) is 89.7 Å². The molecule has 2 unspecified atom stereocenters. The molecule has 1 aliphatic rings. The van der Waals surface area contributed by atoms with E-state index in [1.165, 1.54) is 22.3 Å². The Morgan fingerprint density at radius 3 is 2.33 bits per heavy atom. The Labute approximate surface area is 230 Å². The highest BCUT2D eigenvalue weighted by atomic mass is 16.4. The van der Waals surface area contributed by atoms with Crippen LogP contribution in [0.15, 0.2) is 73.1 Å². The number of rotatable bonds is 8. The van der Waals surface area contributed by atoms with E-state index in [9.17, 15) is 14.4 Å². The zero-order valence-corrected chi connectivity index (χ0v) is 23.1. The largest absolute Gasteiger partial charge is 0.481 e. The van der Waals surface area contributed by atoms with Crippen LogP contribution in [-0.4, -0.2) is 70.9 Å². The molecule has 3 aromatic rings. The zero-order chi connectivity index (χ0) is 28.4. The summed E-state index contributed by atoms with van der Waals surface area (Å²) in [5.41, 5.74) is 5.84.